The van der Waals surface area contributed by atoms with Crippen molar-refractivity contribution in [1.29, 1.82) is 0 Å². The Hall–Kier alpha value is -2.44. The van der Waals surface area contributed by atoms with Crippen LogP contribution in [0.1, 0.15) is 46.6 Å². The number of aliphatic imine (C=N–C) groups is 1. The lowest BCUT2D eigenvalue weighted by Gasteiger charge is -2.11. The number of anilines is 2. The van der Waals surface area contributed by atoms with Crippen molar-refractivity contribution in [2.24, 2.45) is 4.99 Å². The number of carbonyl (C=O) groups excluding carboxylic acids is 1. The van der Waals surface area contributed by atoms with E-state index in [2.05, 4.69) is 33.8 Å². The highest BCUT2D eigenvalue weighted by Gasteiger charge is 2.18. The zero-order valence-electron chi connectivity index (χ0n) is 16.5. The Morgan fingerprint density at radius 3 is 3.00 bits per heavy atom. The number of benzene rings is 1. The first-order valence-corrected chi connectivity index (χ1v) is 10.6. The lowest BCUT2D eigenvalue weighted by Crippen LogP contribution is -2.27. The highest BCUT2D eigenvalue weighted by Crippen LogP contribution is 2.34. The van der Waals surface area contributed by atoms with Gasteiger partial charge in [-0.3, -0.25) is 9.79 Å². The molecule has 0 spiro atoms. The molecule has 0 bridgehead atoms. The van der Waals surface area contributed by atoms with Crippen LogP contribution in [0.15, 0.2) is 34.8 Å². The second-order valence-corrected chi connectivity index (χ2v) is 7.41. The van der Waals surface area contributed by atoms with Gasteiger partial charge in [0.25, 0.3) is 5.91 Å². The topological polar surface area (TPSA) is 62.7 Å². The van der Waals surface area contributed by atoms with Crippen molar-refractivity contribution in [1.82, 2.24) is 5.32 Å². The van der Waals surface area contributed by atoms with Gasteiger partial charge < -0.3 is 15.4 Å². The number of amides is 1. The zero-order valence-corrected chi connectivity index (χ0v) is 17.3. The molecule has 2 aromatic rings. The fourth-order valence-corrected chi connectivity index (χ4v) is 4.16. The number of hydrogen-bond acceptors (Lipinski definition) is 5. The first-order valence-electron chi connectivity index (χ1n) is 9.73. The van der Waals surface area contributed by atoms with Crippen molar-refractivity contribution in [2.75, 3.05) is 25.1 Å². The molecule has 0 unspecified atom stereocenters. The number of carbonyl (C=O) groups is 1. The summed E-state index contributed by atoms with van der Waals surface area (Å²) in [5.74, 6) is -0.0907. The van der Waals surface area contributed by atoms with Gasteiger partial charge in [-0.15, -0.1) is 11.3 Å². The molecule has 1 aliphatic carbocycles. The van der Waals surface area contributed by atoms with Gasteiger partial charge in [-0.2, -0.15) is 0 Å². The summed E-state index contributed by atoms with van der Waals surface area (Å²) >= 11 is 1.43. The van der Waals surface area contributed by atoms with Crippen LogP contribution in [-0.4, -0.2) is 31.9 Å². The van der Waals surface area contributed by atoms with E-state index in [1.165, 1.54) is 28.9 Å². The average Bonchev–Trinajstić information content (AvgIpc) is 3.32. The number of nitrogens with one attached hydrogen (secondary N) is 2. The average molecular weight is 398 g/mol. The van der Waals surface area contributed by atoms with Gasteiger partial charge >= 0.3 is 0 Å². The smallest absolute Gasteiger partial charge is 0.263 e. The summed E-state index contributed by atoms with van der Waals surface area (Å²) in [4.78, 5) is 17.5. The van der Waals surface area contributed by atoms with Gasteiger partial charge in [-0.1, -0.05) is 6.07 Å². The van der Waals surface area contributed by atoms with Crippen molar-refractivity contribution in [3.8, 4) is 0 Å². The molecule has 0 aliphatic heterocycles. The number of hydrogen-bond donors (Lipinski definition) is 2. The molecule has 1 heterocycles. The maximum Gasteiger partial charge on any atom is 0.263 e. The molecule has 1 aromatic carbocycles. The third-order valence-electron chi connectivity index (χ3n) is 4.62. The molecule has 0 saturated heterocycles. The molecular formula is C22H27N3O2S. The van der Waals surface area contributed by atoms with Gasteiger partial charge in [0.2, 0.25) is 0 Å². The molecule has 3 rings (SSSR count). The standard InChI is InChI=1S/C22H27N3O2S/c1-3-23-11-10-18-15-28-21(22(26)24-12-13-27-4-2)20(18)25-19-9-8-16-6-5-7-17(16)14-19/h3,8-11,14-15,25H,4-7,12-13H2,1-2H3,(H,24,26)/b11-10-,23-3?. The first kappa shape index (κ1) is 20.3. The third kappa shape index (κ3) is 5.09. The maximum atomic E-state index is 12.7. The van der Waals surface area contributed by atoms with Crippen LogP contribution in [-0.2, 0) is 17.6 Å². The summed E-state index contributed by atoms with van der Waals surface area (Å²) in [6, 6.07) is 6.49. The van der Waals surface area contributed by atoms with Crippen LogP contribution in [0.4, 0.5) is 11.4 Å². The van der Waals surface area contributed by atoms with Crippen molar-refractivity contribution >= 4 is 40.9 Å². The number of fused-ring (bicyclic) bond motifs is 1. The summed E-state index contributed by atoms with van der Waals surface area (Å²) in [7, 11) is 0. The normalized spacial score (nSPS) is 13.4. The van der Waals surface area contributed by atoms with Crippen molar-refractivity contribution in [3.05, 3.63) is 51.3 Å². The Labute approximate surface area is 170 Å². The number of nitrogens with zero attached hydrogens (tertiary/aromatic N) is 1. The number of rotatable bonds is 9. The second-order valence-electron chi connectivity index (χ2n) is 6.53. The van der Waals surface area contributed by atoms with Crippen LogP contribution in [0.3, 0.4) is 0 Å². The summed E-state index contributed by atoms with van der Waals surface area (Å²) < 4.78 is 5.30. The molecule has 6 heteroatoms. The van der Waals surface area contributed by atoms with Gasteiger partial charge in [0.1, 0.15) is 4.88 Å². The van der Waals surface area contributed by atoms with Crippen LogP contribution < -0.4 is 10.6 Å². The minimum absolute atomic E-state index is 0.0907. The molecule has 1 aliphatic rings. The molecule has 0 saturated carbocycles. The predicted octanol–water partition coefficient (Wildman–Crippen LogP) is 4.81. The molecule has 0 atom stereocenters. The van der Waals surface area contributed by atoms with Crippen LogP contribution in [0.5, 0.6) is 0 Å². The van der Waals surface area contributed by atoms with Gasteiger partial charge in [-0.25, -0.2) is 0 Å². The highest BCUT2D eigenvalue weighted by molar-refractivity contribution is 7.13. The van der Waals surface area contributed by atoms with E-state index in [-0.39, 0.29) is 5.91 Å². The molecule has 2 N–H and O–H groups in total. The number of thiophene rings is 1. The molecular weight excluding hydrogens is 370 g/mol. The van der Waals surface area contributed by atoms with E-state index in [9.17, 15) is 4.79 Å². The fraction of sp³-hybridized carbons (Fsp3) is 0.364. The monoisotopic (exact) mass is 397 g/mol. The Balaban J connectivity index is 1.83. The molecule has 0 fully saturated rings. The zero-order chi connectivity index (χ0) is 19.8. The number of aryl methyl sites for hydroxylation is 2. The van der Waals surface area contributed by atoms with Gasteiger partial charge in [0.05, 0.1) is 12.3 Å². The summed E-state index contributed by atoms with van der Waals surface area (Å²) in [6.07, 6.45) is 8.89. The molecule has 0 radical (unpaired) electrons. The van der Waals surface area contributed by atoms with E-state index in [1.54, 1.807) is 12.4 Å². The van der Waals surface area contributed by atoms with Crippen LogP contribution in [0, 0.1) is 0 Å². The minimum atomic E-state index is -0.0907. The van der Waals surface area contributed by atoms with E-state index in [0.29, 0.717) is 24.6 Å². The van der Waals surface area contributed by atoms with E-state index in [0.717, 1.165) is 29.8 Å². The Morgan fingerprint density at radius 1 is 1.32 bits per heavy atom. The molecule has 148 valence electrons. The van der Waals surface area contributed by atoms with Crippen molar-refractivity contribution in [2.45, 2.75) is 33.1 Å². The van der Waals surface area contributed by atoms with E-state index in [1.807, 2.05) is 25.3 Å². The van der Waals surface area contributed by atoms with E-state index < -0.39 is 0 Å². The summed E-state index contributed by atoms with van der Waals surface area (Å²) in [6.45, 7) is 5.47. The third-order valence-corrected chi connectivity index (χ3v) is 5.62. The maximum absolute atomic E-state index is 12.7. The molecule has 1 aromatic heterocycles. The Morgan fingerprint density at radius 2 is 2.18 bits per heavy atom. The van der Waals surface area contributed by atoms with Crippen LogP contribution in [0.2, 0.25) is 0 Å². The Kier molecular flexibility index (Phi) is 7.39. The van der Waals surface area contributed by atoms with Crippen LogP contribution in [0.25, 0.3) is 6.08 Å². The summed E-state index contributed by atoms with van der Waals surface area (Å²) in [5, 5.41) is 8.39. The Bertz CT molecular complexity index is 871. The predicted molar refractivity (Wildman–Crippen MR) is 118 cm³/mol. The van der Waals surface area contributed by atoms with Crippen molar-refractivity contribution < 1.29 is 9.53 Å². The lowest BCUT2D eigenvalue weighted by molar-refractivity contribution is 0.0927. The molecule has 28 heavy (non-hydrogen) atoms. The number of ether oxygens (including phenoxy) is 1. The first-order chi connectivity index (χ1) is 13.7. The van der Waals surface area contributed by atoms with Gasteiger partial charge in [0.15, 0.2) is 0 Å². The quantitative estimate of drug-likeness (QED) is 0.471. The minimum Gasteiger partial charge on any atom is -0.380 e. The highest BCUT2D eigenvalue weighted by atomic mass is 32.1. The second kappa shape index (κ2) is 10.2. The van der Waals surface area contributed by atoms with Crippen LogP contribution >= 0.6 is 11.3 Å². The van der Waals surface area contributed by atoms with Gasteiger partial charge in [0, 0.05) is 42.2 Å². The summed E-state index contributed by atoms with van der Waals surface area (Å²) in [5.41, 5.74) is 5.61. The van der Waals surface area contributed by atoms with Gasteiger partial charge in [-0.05, 0) is 62.4 Å². The fourth-order valence-electron chi connectivity index (χ4n) is 3.25. The molecule has 1 amide bonds. The largest absolute Gasteiger partial charge is 0.380 e. The lowest BCUT2D eigenvalue weighted by atomic mass is 10.1. The SMILES string of the molecule is CC=N/C=C\c1csc(C(=O)NCCOCC)c1Nc1ccc2c(c1)CCC2. The van der Waals surface area contributed by atoms with Crippen molar-refractivity contribution in [3.63, 3.8) is 0 Å². The molecule has 5 nitrogen and oxygen atoms in total. The van der Waals surface area contributed by atoms with E-state index >= 15 is 0 Å². The van der Waals surface area contributed by atoms with E-state index in [4.69, 9.17) is 4.74 Å².